The van der Waals surface area contributed by atoms with Gasteiger partial charge in [0.05, 0.1) is 0 Å². The van der Waals surface area contributed by atoms with Crippen molar-refractivity contribution in [3.05, 3.63) is 29.3 Å². The first-order valence-electron chi connectivity index (χ1n) is 9.61. The van der Waals surface area contributed by atoms with Crippen molar-refractivity contribution in [2.45, 2.75) is 43.8 Å². The summed E-state index contributed by atoms with van der Waals surface area (Å²) in [5.41, 5.74) is -0.0411. The molecule has 1 atom stereocenters. The summed E-state index contributed by atoms with van der Waals surface area (Å²) in [7, 11) is 0. The lowest BCUT2D eigenvalue weighted by Gasteiger charge is -2.54. The Morgan fingerprint density at radius 1 is 1.16 bits per heavy atom. The Labute approximate surface area is 172 Å². The highest BCUT2D eigenvalue weighted by atomic mass is 19.4. The maximum atomic E-state index is 14.6. The Hall–Kier alpha value is -2.76. The molecule has 0 aromatic heterocycles. The Morgan fingerprint density at radius 2 is 1.77 bits per heavy atom. The third-order valence-corrected chi connectivity index (χ3v) is 5.96. The van der Waals surface area contributed by atoms with E-state index in [2.05, 4.69) is 15.5 Å². The molecule has 1 aromatic rings. The van der Waals surface area contributed by atoms with Gasteiger partial charge in [-0.25, -0.2) is 13.6 Å². The minimum absolute atomic E-state index is 0.0334. The molecule has 7 nitrogen and oxygen atoms in total. The summed E-state index contributed by atoms with van der Waals surface area (Å²) in [4.78, 5) is 38.9. The average Bonchev–Trinajstić information content (AvgIpc) is 2.59. The molecule has 3 fully saturated rings. The van der Waals surface area contributed by atoms with Gasteiger partial charge in [-0.2, -0.15) is 13.2 Å². The zero-order chi connectivity index (χ0) is 22.6. The summed E-state index contributed by atoms with van der Waals surface area (Å²) in [5.74, 6) is -6.96. The predicted molar refractivity (Wildman–Crippen MR) is 94.3 cm³/mol. The molecule has 2 heterocycles. The van der Waals surface area contributed by atoms with E-state index < -0.39 is 48.1 Å². The Bertz CT molecular complexity index is 916. The zero-order valence-corrected chi connectivity index (χ0v) is 16.0. The zero-order valence-electron chi connectivity index (χ0n) is 16.0. The van der Waals surface area contributed by atoms with E-state index in [1.54, 1.807) is 0 Å². The fourth-order valence-corrected chi connectivity index (χ4v) is 4.34. The van der Waals surface area contributed by atoms with Crippen molar-refractivity contribution in [3.8, 4) is 0 Å². The van der Waals surface area contributed by atoms with Gasteiger partial charge in [0.1, 0.15) is 17.7 Å². The molecular formula is C19H18F5N3O4. The molecule has 0 bridgehead atoms. The van der Waals surface area contributed by atoms with E-state index in [9.17, 15) is 36.3 Å². The normalized spacial score (nSPS) is 23.4. The van der Waals surface area contributed by atoms with Crippen LogP contribution in [-0.2, 0) is 19.2 Å². The van der Waals surface area contributed by atoms with Gasteiger partial charge in [0.2, 0.25) is 0 Å². The van der Waals surface area contributed by atoms with Crippen molar-refractivity contribution in [3.63, 3.8) is 0 Å². The Balaban J connectivity index is 1.45. The van der Waals surface area contributed by atoms with Crippen molar-refractivity contribution in [2.75, 3.05) is 18.4 Å². The third-order valence-electron chi connectivity index (χ3n) is 5.96. The van der Waals surface area contributed by atoms with Crippen LogP contribution in [0.3, 0.4) is 0 Å². The summed E-state index contributed by atoms with van der Waals surface area (Å²) in [5, 5.41) is 5.38. The molecule has 1 saturated carbocycles. The number of nitrogens with one attached hydrogen (secondary N) is 2. The van der Waals surface area contributed by atoms with Gasteiger partial charge < -0.3 is 15.5 Å². The Kier molecular flexibility index (Phi) is 5.15. The lowest BCUT2D eigenvalue weighted by atomic mass is 9.57. The number of imide groups is 1. The molecule has 1 aliphatic carbocycles. The molecule has 12 heteroatoms. The number of alkyl halides is 3. The SMILES string of the molecule is O=C1CCC(Nc2cc(F)c(C3CC4(CNC4)C3)c(F)c2)C(=O)N1OC(=O)C(F)(F)F. The van der Waals surface area contributed by atoms with E-state index in [4.69, 9.17) is 0 Å². The molecule has 1 spiro atoms. The molecule has 1 aromatic carbocycles. The van der Waals surface area contributed by atoms with Crippen molar-refractivity contribution in [1.82, 2.24) is 10.4 Å². The average molecular weight is 447 g/mol. The van der Waals surface area contributed by atoms with Crippen molar-refractivity contribution in [1.29, 1.82) is 0 Å². The minimum atomic E-state index is -5.40. The topological polar surface area (TPSA) is 87.7 Å². The van der Waals surface area contributed by atoms with Crippen LogP contribution in [0.15, 0.2) is 12.1 Å². The Morgan fingerprint density at radius 3 is 2.29 bits per heavy atom. The number of hydrogen-bond acceptors (Lipinski definition) is 6. The number of amides is 2. The number of hydroxylamine groups is 2. The van der Waals surface area contributed by atoms with Gasteiger partial charge >= 0.3 is 12.1 Å². The fourth-order valence-electron chi connectivity index (χ4n) is 4.34. The van der Waals surface area contributed by atoms with E-state index in [1.807, 2.05) is 0 Å². The number of anilines is 1. The highest BCUT2D eigenvalue weighted by Crippen LogP contribution is 2.54. The summed E-state index contributed by atoms with van der Waals surface area (Å²) in [6, 6.07) is 0.688. The molecule has 168 valence electrons. The number of halogens is 5. The fraction of sp³-hybridized carbons (Fsp3) is 0.526. The van der Waals surface area contributed by atoms with Crippen LogP contribution in [0.4, 0.5) is 27.6 Å². The maximum Gasteiger partial charge on any atom is 0.493 e. The van der Waals surface area contributed by atoms with E-state index in [1.165, 1.54) is 0 Å². The molecular weight excluding hydrogens is 429 g/mol. The van der Waals surface area contributed by atoms with Crippen molar-refractivity contribution >= 4 is 23.5 Å². The van der Waals surface area contributed by atoms with Crippen molar-refractivity contribution in [2.24, 2.45) is 5.41 Å². The largest absolute Gasteiger partial charge is 0.493 e. The first kappa shape index (κ1) is 21.5. The number of rotatable bonds is 4. The summed E-state index contributed by atoms with van der Waals surface area (Å²) < 4.78 is 66.3. The lowest BCUT2D eigenvalue weighted by molar-refractivity contribution is -0.237. The molecule has 31 heavy (non-hydrogen) atoms. The number of hydrogen-bond donors (Lipinski definition) is 2. The molecule has 2 N–H and O–H groups in total. The van der Waals surface area contributed by atoms with Gasteiger partial charge in [0.15, 0.2) is 0 Å². The van der Waals surface area contributed by atoms with Gasteiger partial charge in [-0.15, -0.1) is 5.06 Å². The van der Waals surface area contributed by atoms with Crippen LogP contribution in [0.5, 0.6) is 0 Å². The van der Waals surface area contributed by atoms with Crippen LogP contribution in [0, 0.1) is 17.0 Å². The maximum absolute atomic E-state index is 14.6. The van der Waals surface area contributed by atoms with Gasteiger partial charge in [-0.05, 0) is 42.7 Å². The van der Waals surface area contributed by atoms with Gasteiger partial charge in [-0.3, -0.25) is 9.59 Å². The van der Waals surface area contributed by atoms with E-state index in [0.717, 1.165) is 25.2 Å². The highest BCUT2D eigenvalue weighted by molar-refractivity contribution is 6.01. The van der Waals surface area contributed by atoms with Crippen molar-refractivity contribution < 1.29 is 41.2 Å². The van der Waals surface area contributed by atoms with Crippen LogP contribution in [0.2, 0.25) is 0 Å². The molecule has 2 saturated heterocycles. The van der Waals surface area contributed by atoms with Gasteiger partial charge in [0, 0.05) is 30.8 Å². The first-order chi connectivity index (χ1) is 14.5. The molecule has 4 rings (SSSR count). The number of benzene rings is 1. The van der Waals surface area contributed by atoms with Crippen LogP contribution in [0.1, 0.15) is 37.2 Å². The van der Waals surface area contributed by atoms with E-state index >= 15 is 0 Å². The van der Waals surface area contributed by atoms with Crippen LogP contribution < -0.4 is 10.6 Å². The molecule has 1 unspecified atom stereocenters. The summed E-state index contributed by atoms with van der Waals surface area (Å²) in [6.07, 6.45) is -4.62. The molecule has 0 radical (unpaired) electrons. The smallest absolute Gasteiger partial charge is 0.373 e. The second-order valence-electron chi connectivity index (χ2n) is 8.20. The molecule has 2 amide bonds. The molecule has 3 aliphatic rings. The summed E-state index contributed by atoms with van der Waals surface area (Å²) in [6.45, 7) is 1.65. The van der Waals surface area contributed by atoms with Gasteiger partial charge in [-0.1, -0.05) is 0 Å². The second-order valence-corrected chi connectivity index (χ2v) is 8.20. The monoisotopic (exact) mass is 447 g/mol. The number of carbonyl (C=O) groups excluding carboxylic acids is 3. The van der Waals surface area contributed by atoms with E-state index in [0.29, 0.717) is 12.8 Å². The summed E-state index contributed by atoms with van der Waals surface area (Å²) >= 11 is 0. The number of nitrogens with zero attached hydrogens (tertiary/aromatic N) is 1. The van der Waals surface area contributed by atoms with Crippen LogP contribution in [-0.4, -0.2) is 48.2 Å². The number of carbonyl (C=O) groups is 3. The standard InChI is InChI=1S/C19H18F5N3O4/c20-11-3-10(4-12(21)15(11)9-5-18(6-9)7-25-8-18)26-13-1-2-14(28)27(16(13)29)31-17(30)19(22,23)24/h3-4,9,13,25-26H,1-2,5-8H2. The van der Waals surface area contributed by atoms with Gasteiger partial charge in [0.25, 0.3) is 11.8 Å². The van der Waals surface area contributed by atoms with Crippen LogP contribution >= 0.6 is 0 Å². The second kappa shape index (κ2) is 7.43. The molecule has 2 aliphatic heterocycles. The third kappa shape index (κ3) is 3.95. The minimum Gasteiger partial charge on any atom is -0.373 e. The first-order valence-corrected chi connectivity index (χ1v) is 9.61. The number of piperidine rings is 1. The lowest BCUT2D eigenvalue weighted by Crippen LogP contribution is -2.59. The highest BCUT2D eigenvalue weighted by Gasteiger charge is 2.50. The van der Waals surface area contributed by atoms with E-state index in [-0.39, 0.29) is 34.1 Å². The quantitative estimate of drug-likeness (QED) is 0.545. The predicted octanol–water partition coefficient (Wildman–Crippen LogP) is 2.38. The van der Waals surface area contributed by atoms with Crippen LogP contribution in [0.25, 0.3) is 0 Å².